The summed E-state index contributed by atoms with van der Waals surface area (Å²) in [5.74, 6) is 0.713. The second-order valence-corrected chi connectivity index (χ2v) is 7.75. The van der Waals surface area contributed by atoms with Crippen LogP contribution in [0.4, 0.5) is 0 Å². The molecule has 3 aromatic rings. The van der Waals surface area contributed by atoms with Gasteiger partial charge in [-0.2, -0.15) is 5.10 Å². The van der Waals surface area contributed by atoms with Crippen molar-refractivity contribution in [1.29, 1.82) is 0 Å². The van der Waals surface area contributed by atoms with Crippen LogP contribution in [0.3, 0.4) is 0 Å². The van der Waals surface area contributed by atoms with E-state index in [9.17, 15) is 15.3 Å². The number of hydrogen-bond acceptors (Lipinski definition) is 8. The minimum Gasteiger partial charge on any atom is -0.394 e. The molecule has 1 saturated heterocycles. The lowest BCUT2D eigenvalue weighted by Crippen LogP contribution is -2.33. The number of nitrogens with zero attached hydrogens (tertiary/aromatic N) is 4. The maximum Gasteiger partial charge on any atom is 0.181 e. The van der Waals surface area contributed by atoms with E-state index in [0.29, 0.717) is 11.4 Å². The first kappa shape index (κ1) is 20.7. The van der Waals surface area contributed by atoms with Gasteiger partial charge < -0.3 is 20.1 Å². The smallest absolute Gasteiger partial charge is 0.181 e. The number of fused-ring (bicyclic) bond motifs is 1. The van der Waals surface area contributed by atoms with Gasteiger partial charge in [-0.25, -0.2) is 14.6 Å². The molecule has 9 heteroatoms. The van der Waals surface area contributed by atoms with Crippen LogP contribution < -0.4 is 0 Å². The Bertz CT molecular complexity index is 1040. The molecule has 0 radical (unpaired) electrons. The van der Waals surface area contributed by atoms with Crippen LogP contribution >= 0.6 is 11.8 Å². The Labute approximate surface area is 177 Å². The summed E-state index contributed by atoms with van der Waals surface area (Å²) < 4.78 is 6.97. The Morgan fingerprint density at radius 2 is 1.93 bits per heavy atom. The molecule has 0 saturated carbocycles. The lowest BCUT2D eigenvalue weighted by Gasteiger charge is -2.15. The van der Waals surface area contributed by atoms with E-state index in [4.69, 9.17) is 4.74 Å². The second kappa shape index (κ2) is 9.50. The zero-order valence-corrected chi connectivity index (χ0v) is 16.8. The monoisotopic (exact) mass is 426 g/mol. The predicted octanol–water partition coefficient (Wildman–Crippen LogP) is 1.80. The van der Waals surface area contributed by atoms with E-state index < -0.39 is 31.1 Å². The van der Waals surface area contributed by atoms with E-state index in [1.54, 1.807) is 18.0 Å². The Hall–Kier alpha value is -2.56. The topological polar surface area (TPSA) is 114 Å². The van der Waals surface area contributed by atoms with E-state index >= 15 is 0 Å². The Kier molecular flexibility index (Phi) is 6.56. The predicted molar refractivity (Wildman–Crippen MR) is 114 cm³/mol. The van der Waals surface area contributed by atoms with Crippen molar-refractivity contribution < 1.29 is 20.1 Å². The van der Waals surface area contributed by atoms with Gasteiger partial charge in [0.05, 0.1) is 18.2 Å². The highest BCUT2D eigenvalue weighted by Crippen LogP contribution is 2.32. The van der Waals surface area contributed by atoms with Crippen LogP contribution in [0.5, 0.6) is 0 Å². The number of thioether (sulfide) groups is 1. The van der Waals surface area contributed by atoms with Gasteiger partial charge in [-0.05, 0) is 5.56 Å². The van der Waals surface area contributed by atoms with Crippen molar-refractivity contribution in [2.45, 2.75) is 29.6 Å². The molecule has 156 valence electrons. The molecule has 1 aliphatic heterocycles. The lowest BCUT2D eigenvalue weighted by molar-refractivity contribution is -0.0566. The first-order chi connectivity index (χ1) is 14.7. The third kappa shape index (κ3) is 4.30. The molecule has 0 bridgehead atoms. The fourth-order valence-corrected chi connectivity index (χ4v) is 4.00. The molecule has 30 heavy (non-hydrogen) atoms. The summed E-state index contributed by atoms with van der Waals surface area (Å²) in [5.41, 5.74) is 1.64. The molecule has 3 N–H and O–H groups in total. The minimum atomic E-state index is -1.21. The van der Waals surface area contributed by atoms with Crippen LogP contribution in [-0.2, 0) is 4.74 Å². The summed E-state index contributed by atoms with van der Waals surface area (Å²) >= 11 is 1.54. The van der Waals surface area contributed by atoms with Gasteiger partial charge in [0.15, 0.2) is 11.9 Å². The van der Waals surface area contributed by atoms with Gasteiger partial charge in [0.25, 0.3) is 0 Å². The number of aromatic nitrogens is 4. The fourth-order valence-electron chi connectivity index (χ4n) is 3.22. The Morgan fingerprint density at radius 3 is 2.70 bits per heavy atom. The Balaban J connectivity index is 1.43. The van der Waals surface area contributed by atoms with Gasteiger partial charge >= 0.3 is 0 Å². The number of hydrogen-bond donors (Lipinski definition) is 3. The molecule has 3 heterocycles. The van der Waals surface area contributed by atoms with Crippen molar-refractivity contribution in [2.75, 3.05) is 12.4 Å². The summed E-state index contributed by atoms with van der Waals surface area (Å²) in [6.07, 6.45) is 6.91. The largest absolute Gasteiger partial charge is 0.394 e. The first-order valence-electron chi connectivity index (χ1n) is 9.50. The summed E-state index contributed by atoms with van der Waals surface area (Å²) in [6, 6.07) is 10.1. The molecule has 4 atom stereocenters. The van der Waals surface area contributed by atoms with Crippen LogP contribution in [0.2, 0.25) is 0 Å². The van der Waals surface area contributed by atoms with E-state index in [-0.39, 0.29) is 0 Å². The SMILES string of the molecule is OC[C@H]1O[C@@H](n2ncc3c(SC/C=C/C=C/c4ccccc4)ncnc32)[C@H](O)[C@@H]1O. The molecule has 0 spiro atoms. The minimum absolute atomic E-state index is 0.394. The number of aliphatic hydroxyl groups is 3. The van der Waals surface area contributed by atoms with Crippen LogP contribution in [0.25, 0.3) is 17.1 Å². The van der Waals surface area contributed by atoms with Crippen molar-refractivity contribution in [1.82, 2.24) is 19.7 Å². The number of allylic oxidation sites excluding steroid dienone is 2. The van der Waals surface area contributed by atoms with Gasteiger partial charge in [0.1, 0.15) is 29.7 Å². The van der Waals surface area contributed by atoms with E-state index in [2.05, 4.69) is 15.1 Å². The van der Waals surface area contributed by atoms with Crippen molar-refractivity contribution in [3.05, 3.63) is 66.6 Å². The van der Waals surface area contributed by atoms with Crippen LogP contribution in [0, 0.1) is 0 Å². The fraction of sp³-hybridized carbons (Fsp3) is 0.286. The van der Waals surface area contributed by atoms with Gasteiger partial charge in [-0.15, -0.1) is 11.8 Å². The van der Waals surface area contributed by atoms with Crippen LogP contribution in [0.1, 0.15) is 11.8 Å². The first-order valence-corrected chi connectivity index (χ1v) is 10.5. The average molecular weight is 426 g/mol. The highest BCUT2D eigenvalue weighted by molar-refractivity contribution is 7.99. The zero-order valence-electron chi connectivity index (χ0n) is 16.0. The van der Waals surface area contributed by atoms with E-state index in [1.165, 1.54) is 11.0 Å². The molecule has 1 aromatic carbocycles. The van der Waals surface area contributed by atoms with Gasteiger partial charge in [-0.3, -0.25) is 0 Å². The lowest BCUT2D eigenvalue weighted by atomic mass is 10.1. The summed E-state index contributed by atoms with van der Waals surface area (Å²) in [5, 5.41) is 35.3. The average Bonchev–Trinajstić information content (AvgIpc) is 3.33. The van der Waals surface area contributed by atoms with Gasteiger partial charge in [0.2, 0.25) is 0 Å². The molecule has 0 amide bonds. The molecule has 4 rings (SSSR count). The normalized spacial score (nSPS) is 24.5. The summed E-state index contributed by atoms with van der Waals surface area (Å²) in [6.45, 7) is -0.394. The molecule has 0 aliphatic carbocycles. The molecule has 2 aromatic heterocycles. The highest BCUT2D eigenvalue weighted by atomic mass is 32.2. The van der Waals surface area contributed by atoms with Crippen LogP contribution in [-0.4, -0.2) is 65.7 Å². The maximum absolute atomic E-state index is 10.3. The molecular weight excluding hydrogens is 404 g/mol. The molecular formula is C21H22N4O4S. The standard InChI is InChI=1S/C21H22N4O4S/c26-12-16-17(27)18(28)21(29-16)25-19-15(11-24-25)20(23-13-22-19)30-10-6-2-5-9-14-7-3-1-4-8-14/h1-9,11,13,16-18,21,26-28H,10,12H2/b6-2+,9-5+/t16-,17-,18-,21-/m1/s1. The quantitative estimate of drug-likeness (QED) is 0.298. The summed E-state index contributed by atoms with van der Waals surface area (Å²) in [7, 11) is 0. The maximum atomic E-state index is 10.3. The zero-order chi connectivity index (χ0) is 20.9. The number of aliphatic hydroxyl groups excluding tert-OH is 3. The second-order valence-electron chi connectivity index (χ2n) is 6.74. The molecule has 1 fully saturated rings. The number of ether oxygens (including phenoxy) is 1. The van der Waals surface area contributed by atoms with E-state index in [1.807, 2.05) is 54.6 Å². The van der Waals surface area contributed by atoms with Gasteiger partial charge in [-0.1, -0.05) is 54.6 Å². The van der Waals surface area contributed by atoms with E-state index in [0.717, 1.165) is 16.0 Å². The molecule has 0 unspecified atom stereocenters. The third-order valence-corrected chi connectivity index (χ3v) is 5.72. The number of benzene rings is 1. The molecule has 8 nitrogen and oxygen atoms in total. The summed E-state index contributed by atoms with van der Waals surface area (Å²) in [4.78, 5) is 8.59. The van der Waals surface area contributed by atoms with Crippen molar-refractivity contribution in [2.24, 2.45) is 0 Å². The number of rotatable bonds is 7. The van der Waals surface area contributed by atoms with Crippen molar-refractivity contribution in [3.63, 3.8) is 0 Å². The molecule has 1 aliphatic rings. The van der Waals surface area contributed by atoms with Crippen molar-refractivity contribution in [3.8, 4) is 0 Å². The van der Waals surface area contributed by atoms with Crippen LogP contribution in [0.15, 0.2) is 66.1 Å². The highest BCUT2D eigenvalue weighted by Gasteiger charge is 2.44. The van der Waals surface area contributed by atoms with Gasteiger partial charge in [0, 0.05) is 5.75 Å². The third-order valence-electron chi connectivity index (χ3n) is 4.76. The van der Waals surface area contributed by atoms with Crippen molar-refractivity contribution >= 4 is 28.9 Å². The Morgan fingerprint density at radius 1 is 1.10 bits per heavy atom.